The van der Waals surface area contributed by atoms with Crippen LogP contribution < -0.4 is 0 Å². The van der Waals surface area contributed by atoms with Gasteiger partial charge < -0.3 is 47.4 Å². The van der Waals surface area contributed by atoms with Crippen molar-refractivity contribution < 1.29 is 57.0 Å². The van der Waals surface area contributed by atoms with E-state index in [1.807, 2.05) is 24.3 Å². The second-order valence-corrected chi connectivity index (χ2v) is 20.5. The summed E-state index contributed by atoms with van der Waals surface area (Å²) in [7, 11) is 0. The minimum atomic E-state index is -2.00. The van der Waals surface area contributed by atoms with Gasteiger partial charge in [0, 0.05) is 37.6 Å². The molecule has 0 amide bonds. The number of fused-ring (bicyclic) bond motifs is 3. The minimum Gasteiger partial charge on any atom is -0.451 e. The van der Waals surface area contributed by atoms with Crippen LogP contribution in [0.1, 0.15) is 171 Å². The van der Waals surface area contributed by atoms with Gasteiger partial charge in [0.2, 0.25) is 11.6 Å². The molecule has 5 rings (SSSR count). The molecule has 6 atom stereocenters. The number of hydrogen-bond donors (Lipinski definition) is 0. The maximum absolute atomic E-state index is 14.2. The molecule has 0 fully saturated rings. The third-order valence-corrected chi connectivity index (χ3v) is 14.7. The van der Waals surface area contributed by atoms with Crippen molar-refractivity contribution in [3.8, 4) is 11.1 Å². The van der Waals surface area contributed by atoms with Crippen LogP contribution >= 0.6 is 0 Å². The van der Waals surface area contributed by atoms with Gasteiger partial charge >= 0.3 is 11.9 Å². The Bertz CT molecular complexity index is 2080. The highest BCUT2D eigenvalue weighted by molar-refractivity contribution is 5.88. The van der Waals surface area contributed by atoms with Gasteiger partial charge in [-0.25, -0.2) is 9.59 Å². The fraction of sp³-hybridized carbons (Fsp3) is 0.651. The molecule has 0 saturated heterocycles. The molecule has 0 spiro atoms. The molecule has 75 heavy (non-hydrogen) atoms. The molecule has 0 heterocycles. The van der Waals surface area contributed by atoms with Gasteiger partial charge in [-0.05, 0) is 125 Å². The first-order chi connectivity index (χ1) is 36.2. The summed E-state index contributed by atoms with van der Waals surface area (Å²) in [6.45, 7) is 33.8. The van der Waals surface area contributed by atoms with Crippen LogP contribution in [-0.2, 0) is 62.4 Å². The summed E-state index contributed by atoms with van der Waals surface area (Å²) < 4.78 is 76.3. The van der Waals surface area contributed by atoms with Crippen LogP contribution in [0.15, 0.2) is 97.1 Å². The maximum Gasteiger partial charge on any atom is 0.333 e. The van der Waals surface area contributed by atoms with E-state index in [1.54, 1.807) is 13.8 Å². The Morgan fingerprint density at radius 3 is 1.01 bits per heavy atom. The summed E-state index contributed by atoms with van der Waals surface area (Å²) in [5.74, 6) is -5.15. The first kappa shape index (κ1) is 61.9. The monoisotopic (exact) mass is 1040 g/mol. The van der Waals surface area contributed by atoms with Gasteiger partial charge in [0.05, 0.1) is 31.8 Å². The molecule has 0 saturated carbocycles. The third kappa shape index (κ3) is 10.5. The smallest absolute Gasteiger partial charge is 0.333 e. The Hall–Kier alpha value is -3.98. The molecule has 12 nitrogen and oxygen atoms in total. The highest BCUT2D eigenvalue weighted by Gasteiger charge is 2.88. The number of ether oxygens (including phenoxy) is 10. The van der Waals surface area contributed by atoms with Gasteiger partial charge in [0.25, 0.3) is 0 Å². The zero-order valence-electron chi connectivity index (χ0n) is 48.0. The van der Waals surface area contributed by atoms with E-state index in [4.69, 9.17) is 47.4 Å². The minimum absolute atomic E-state index is 0.192. The standard InChI is InChI=1S/C63H94O12/c1-15-35-57(66-39-17-3)53(74-55(64)47(11)12)33-37-59(68-41-19-5,62(57,70-43-21-7)71-44-22-8)61(51-31-27-25-29-49(51)50-30-26-28-32-52(50)61)60(69-42-20-6)38-34-54(75-56(65)48(13)14)58(36-16-2,67-40-18-4)63(60,72-45-23-9)73-46-24-10/h25-34,37-38,53-54H,11,13,15-24,35-36,39-46H2,1-10,12,14H3. The lowest BCUT2D eigenvalue weighted by atomic mass is 9.45. The van der Waals surface area contributed by atoms with E-state index in [1.165, 1.54) is 0 Å². The zero-order valence-corrected chi connectivity index (χ0v) is 48.0. The van der Waals surface area contributed by atoms with E-state index in [2.05, 4.69) is 131 Å². The molecule has 0 aliphatic heterocycles. The van der Waals surface area contributed by atoms with Crippen molar-refractivity contribution in [3.05, 3.63) is 108 Å². The van der Waals surface area contributed by atoms with Gasteiger partial charge in [-0.1, -0.05) is 144 Å². The number of carbonyl (C=O) groups is 2. The van der Waals surface area contributed by atoms with Crippen LogP contribution in [-0.4, -0.2) is 111 Å². The van der Waals surface area contributed by atoms with E-state index < -0.39 is 63.5 Å². The quantitative estimate of drug-likeness (QED) is 0.0287. The number of benzene rings is 2. The fourth-order valence-corrected chi connectivity index (χ4v) is 12.2. The van der Waals surface area contributed by atoms with Crippen LogP contribution in [0.3, 0.4) is 0 Å². The first-order valence-electron chi connectivity index (χ1n) is 28.6. The normalized spacial score (nSPS) is 25.9. The molecule has 2 aromatic rings. The molecule has 0 radical (unpaired) electrons. The summed E-state index contributed by atoms with van der Waals surface area (Å²) in [5, 5.41) is 0. The second kappa shape index (κ2) is 27.6. The Kier molecular flexibility index (Phi) is 22.7. The SMILES string of the molecule is C=C(C)C(=O)OC1C=CC(OCCC)(C2(C3(OCCC)C=CC(OC(=O)C(=C)C)C(CCC)(OCCC)C3(OCCC)OCCC)c3ccccc3-c3ccccc32)C(OCCC)(OCCC)C1(CCC)OCCC. The van der Waals surface area contributed by atoms with Crippen molar-refractivity contribution in [1.82, 2.24) is 0 Å². The molecule has 12 heteroatoms. The molecular weight excluding hydrogens is 949 g/mol. The van der Waals surface area contributed by atoms with E-state index >= 15 is 0 Å². The number of hydrogen-bond acceptors (Lipinski definition) is 12. The van der Waals surface area contributed by atoms with Crippen LogP contribution in [0.4, 0.5) is 0 Å². The van der Waals surface area contributed by atoms with E-state index in [0.29, 0.717) is 77.0 Å². The second-order valence-electron chi connectivity index (χ2n) is 20.5. The van der Waals surface area contributed by atoms with Crippen LogP contribution in [0.25, 0.3) is 11.1 Å². The van der Waals surface area contributed by atoms with Crippen molar-refractivity contribution >= 4 is 11.9 Å². The van der Waals surface area contributed by atoms with Crippen molar-refractivity contribution in [1.29, 1.82) is 0 Å². The summed E-state index contributed by atoms with van der Waals surface area (Å²) >= 11 is 0. The molecule has 2 aromatic carbocycles. The zero-order chi connectivity index (χ0) is 55.0. The van der Waals surface area contributed by atoms with Gasteiger partial charge in [-0.3, -0.25) is 0 Å². The van der Waals surface area contributed by atoms with Crippen LogP contribution in [0.5, 0.6) is 0 Å². The predicted octanol–water partition coefficient (Wildman–Crippen LogP) is 13.4. The number of carbonyl (C=O) groups excluding carboxylic acids is 2. The average molecular weight is 1040 g/mol. The summed E-state index contributed by atoms with van der Waals surface area (Å²) in [5.41, 5.74) is -4.74. The Labute approximate surface area is 451 Å². The van der Waals surface area contributed by atoms with Gasteiger partial charge in [-0.2, -0.15) is 0 Å². The summed E-state index contributed by atoms with van der Waals surface area (Å²) in [6.07, 6.45) is 12.2. The lowest BCUT2D eigenvalue weighted by Gasteiger charge is -2.71. The average Bonchev–Trinajstić information content (AvgIpc) is 3.72. The molecule has 0 bridgehead atoms. The van der Waals surface area contributed by atoms with E-state index in [-0.39, 0.29) is 64.0 Å². The summed E-state index contributed by atoms with van der Waals surface area (Å²) in [4.78, 5) is 28.5. The first-order valence-corrected chi connectivity index (χ1v) is 28.6. The lowest BCUT2D eigenvalue weighted by molar-refractivity contribution is -0.449. The Balaban J connectivity index is 2.35. The molecular formula is C63H94O12. The maximum atomic E-state index is 14.2. The van der Waals surface area contributed by atoms with Gasteiger partial charge in [-0.15, -0.1) is 0 Å². The van der Waals surface area contributed by atoms with Crippen molar-refractivity contribution in [2.75, 3.05) is 52.9 Å². The largest absolute Gasteiger partial charge is 0.451 e. The van der Waals surface area contributed by atoms with Crippen LogP contribution in [0, 0.1) is 0 Å². The van der Waals surface area contributed by atoms with E-state index in [9.17, 15) is 9.59 Å². The summed E-state index contributed by atoms with van der Waals surface area (Å²) in [6, 6.07) is 16.8. The molecule has 0 aromatic heterocycles. The Morgan fingerprint density at radius 1 is 0.427 bits per heavy atom. The van der Waals surface area contributed by atoms with Crippen molar-refractivity contribution in [2.24, 2.45) is 0 Å². The number of esters is 2. The molecule has 3 aliphatic rings. The highest BCUT2D eigenvalue weighted by Crippen LogP contribution is 2.73. The third-order valence-electron chi connectivity index (χ3n) is 14.7. The molecule has 418 valence electrons. The van der Waals surface area contributed by atoms with Crippen molar-refractivity contribution in [2.45, 2.75) is 212 Å². The van der Waals surface area contributed by atoms with Crippen LogP contribution in [0.2, 0.25) is 0 Å². The highest BCUT2D eigenvalue weighted by atomic mass is 16.8. The fourth-order valence-electron chi connectivity index (χ4n) is 12.2. The van der Waals surface area contributed by atoms with Gasteiger partial charge in [0.15, 0.2) is 34.6 Å². The number of rotatable bonds is 34. The van der Waals surface area contributed by atoms with E-state index in [0.717, 1.165) is 22.3 Å². The van der Waals surface area contributed by atoms with Gasteiger partial charge in [0.1, 0.15) is 0 Å². The Morgan fingerprint density at radius 2 is 0.720 bits per heavy atom. The topological polar surface area (TPSA) is 126 Å². The molecule has 0 N–H and O–H groups in total. The molecule has 3 aliphatic carbocycles. The van der Waals surface area contributed by atoms with Crippen molar-refractivity contribution in [3.63, 3.8) is 0 Å². The predicted molar refractivity (Wildman–Crippen MR) is 296 cm³/mol. The lowest BCUT2D eigenvalue weighted by Crippen LogP contribution is -2.89. The molecule has 6 unspecified atom stereocenters.